The van der Waals surface area contributed by atoms with E-state index in [2.05, 4.69) is 5.32 Å². The van der Waals surface area contributed by atoms with Crippen LogP contribution in [0.5, 0.6) is 0 Å². The zero-order valence-corrected chi connectivity index (χ0v) is 9.20. The van der Waals surface area contributed by atoms with E-state index in [9.17, 15) is 26.3 Å². The number of nitrogens with zero attached hydrogens (tertiary/aromatic N) is 1. The van der Waals surface area contributed by atoms with Gasteiger partial charge in [0.25, 0.3) is 0 Å². The molecule has 2 atom stereocenters. The van der Waals surface area contributed by atoms with Gasteiger partial charge in [0, 0.05) is 19.1 Å². The van der Waals surface area contributed by atoms with E-state index in [0.717, 1.165) is 4.90 Å². The molecule has 2 unspecified atom stereocenters. The van der Waals surface area contributed by atoms with Crippen LogP contribution < -0.4 is 5.32 Å². The molecule has 0 saturated carbocycles. The predicted molar refractivity (Wildman–Crippen MR) is 49.5 cm³/mol. The topological polar surface area (TPSA) is 15.3 Å². The van der Waals surface area contributed by atoms with E-state index in [-0.39, 0.29) is 19.5 Å². The van der Waals surface area contributed by atoms with Gasteiger partial charge >= 0.3 is 12.4 Å². The van der Waals surface area contributed by atoms with E-state index < -0.39 is 30.9 Å². The molecular formula is C9H14F6N2. The van der Waals surface area contributed by atoms with Crippen LogP contribution in [0.1, 0.15) is 6.42 Å². The molecule has 1 N–H and O–H groups in total. The first-order valence-corrected chi connectivity index (χ1v) is 5.13. The zero-order valence-electron chi connectivity index (χ0n) is 9.20. The maximum absolute atomic E-state index is 12.3. The van der Waals surface area contributed by atoms with E-state index in [1.807, 2.05) is 0 Å². The van der Waals surface area contributed by atoms with Gasteiger partial charge in [0.15, 0.2) is 0 Å². The molecule has 0 aromatic heterocycles. The number of hydrogen-bond acceptors (Lipinski definition) is 2. The van der Waals surface area contributed by atoms with Gasteiger partial charge < -0.3 is 5.32 Å². The Morgan fingerprint density at radius 1 is 1.18 bits per heavy atom. The lowest BCUT2D eigenvalue weighted by Gasteiger charge is -2.22. The molecule has 1 fully saturated rings. The van der Waals surface area contributed by atoms with Crippen LogP contribution >= 0.6 is 0 Å². The lowest BCUT2D eigenvalue weighted by atomic mass is 10.1. The van der Waals surface area contributed by atoms with Gasteiger partial charge in [-0.2, -0.15) is 26.3 Å². The second-order valence-corrected chi connectivity index (χ2v) is 4.39. The molecule has 1 saturated heterocycles. The van der Waals surface area contributed by atoms with Gasteiger partial charge in [0.2, 0.25) is 0 Å². The predicted octanol–water partition coefficient (Wildman–Crippen LogP) is 2.02. The number of hydrogen-bond donors (Lipinski definition) is 1. The second kappa shape index (κ2) is 5.01. The highest BCUT2D eigenvalue weighted by molar-refractivity contribution is 4.87. The van der Waals surface area contributed by atoms with Crippen LogP contribution in [0.15, 0.2) is 0 Å². The molecule has 0 bridgehead atoms. The molecule has 0 aromatic carbocycles. The van der Waals surface area contributed by atoms with Crippen LogP contribution in [0, 0.1) is 5.92 Å². The van der Waals surface area contributed by atoms with Crippen LogP contribution in [-0.2, 0) is 0 Å². The Bertz CT molecular complexity index is 249. The maximum atomic E-state index is 12.3. The monoisotopic (exact) mass is 264 g/mol. The Morgan fingerprint density at radius 2 is 1.76 bits per heavy atom. The van der Waals surface area contributed by atoms with Crippen molar-refractivity contribution in [3.8, 4) is 0 Å². The minimum Gasteiger partial charge on any atom is -0.312 e. The fourth-order valence-corrected chi connectivity index (χ4v) is 1.95. The van der Waals surface area contributed by atoms with E-state index in [4.69, 9.17) is 0 Å². The van der Waals surface area contributed by atoms with Crippen molar-refractivity contribution in [3.63, 3.8) is 0 Å². The number of nitrogens with one attached hydrogen (secondary N) is 1. The maximum Gasteiger partial charge on any atom is 0.401 e. The Hall–Kier alpha value is -0.500. The minimum absolute atomic E-state index is 0.0356. The van der Waals surface area contributed by atoms with Crippen molar-refractivity contribution in [1.82, 2.24) is 10.2 Å². The Labute approximate surface area is 95.0 Å². The number of rotatable bonds is 3. The average molecular weight is 264 g/mol. The summed E-state index contributed by atoms with van der Waals surface area (Å²) in [6.07, 6.45) is -8.76. The van der Waals surface area contributed by atoms with Gasteiger partial charge in [-0.05, 0) is 13.5 Å². The average Bonchev–Trinajstić information content (AvgIpc) is 2.47. The smallest absolute Gasteiger partial charge is 0.312 e. The van der Waals surface area contributed by atoms with Crippen molar-refractivity contribution < 1.29 is 26.3 Å². The summed E-state index contributed by atoms with van der Waals surface area (Å²) in [6.45, 7) is -1.36. The van der Waals surface area contributed by atoms with Crippen LogP contribution in [0.4, 0.5) is 26.3 Å². The summed E-state index contributed by atoms with van der Waals surface area (Å²) >= 11 is 0. The molecular weight excluding hydrogens is 250 g/mol. The highest BCUT2D eigenvalue weighted by atomic mass is 19.4. The normalized spacial score (nSPS) is 26.8. The van der Waals surface area contributed by atoms with Gasteiger partial charge in [-0.3, -0.25) is 4.90 Å². The second-order valence-electron chi connectivity index (χ2n) is 4.39. The molecule has 1 aliphatic heterocycles. The Balaban J connectivity index is 2.35. The first-order valence-electron chi connectivity index (χ1n) is 5.13. The van der Waals surface area contributed by atoms with Crippen LogP contribution in [0.2, 0.25) is 0 Å². The van der Waals surface area contributed by atoms with Crippen molar-refractivity contribution in [2.24, 2.45) is 5.92 Å². The van der Waals surface area contributed by atoms with Gasteiger partial charge in [0.05, 0.1) is 12.5 Å². The van der Waals surface area contributed by atoms with Crippen molar-refractivity contribution in [1.29, 1.82) is 0 Å². The fourth-order valence-electron chi connectivity index (χ4n) is 1.95. The molecule has 1 aliphatic rings. The van der Waals surface area contributed by atoms with Crippen LogP contribution in [0.3, 0.4) is 0 Å². The molecule has 0 spiro atoms. The molecule has 102 valence electrons. The van der Waals surface area contributed by atoms with Crippen LogP contribution in [-0.4, -0.2) is 50.0 Å². The molecule has 1 rings (SSSR count). The summed E-state index contributed by atoms with van der Waals surface area (Å²) < 4.78 is 72.9. The first kappa shape index (κ1) is 14.6. The van der Waals surface area contributed by atoms with Crippen molar-refractivity contribution in [2.75, 3.05) is 26.7 Å². The zero-order chi connectivity index (χ0) is 13.3. The summed E-state index contributed by atoms with van der Waals surface area (Å²) in [5, 5.41) is 2.60. The molecule has 1 heterocycles. The SMILES string of the molecule is CN(CC1CC(C(F)(F)F)CN1)CC(F)(F)F. The van der Waals surface area contributed by atoms with Gasteiger partial charge in [0.1, 0.15) is 0 Å². The van der Waals surface area contributed by atoms with Crippen molar-refractivity contribution >= 4 is 0 Å². The number of likely N-dealkylation sites (N-methyl/N-ethyl adjacent to an activating group) is 1. The fraction of sp³-hybridized carbons (Fsp3) is 1.00. The Morgan fingerprint density at radius 3 is 2.18 bits per heavy atom. The molecule has 8 heteroatoms. The highest BCUT2D eigenvalue weighted by Crippen LogP contribution is 2.32. The van der Waals surface area contributed by atoms with E-state index >= 15 is 0 Å². The first-order chi connectivity index (χ1) is 7.58. The van der Waals surface area contributed by atoms with Gasteiger partial charge in [-0.25, -0.2) is 0 Å². The van der Waals surface area contributed by atoms with E-state index in [1.165, 1.54) is 7.05 Å². The minimum atomic E-state index is -4.32. The largest absolute Gasteiger partial charge is 0.401 e. The van der Waals surface area contributed by atoms with Gasteiger partial charge in [-0.15, -0.1) is 0 Å². The summed E-state index contributed by atoms with van der Waals surface area (Å²) in [6, 6.07) is -0.533. The molecule has 2 nitrogen and oxygen atoms in total. The third-order valence-electron chi connectivity index (χ3n) is 2.67. The molecule has 0 radical (unpaired) electrons. The lowest BCUT2D eigenvalue weighted by Crippen LogP contribution is -2.39. The summed E-state index contributed by atoms with van der Waals surface area (Å²) in [7, 11) is 1.25. The van der Waals surface area contributed by atoms with E-state index in [0.29, 0.717) is 0 Å². The Kier molecular flexibility index (Phi) is 4.29. The van der Waals surface area contributed by atoms with E-state index in [1.54, 1.807) is 0 Å². The molecule has 0 aliphatic carbocycles. The van der Waals surface area contributed by atoms with Crippen LogP contribution in [0.25, 0.3) is 0 Å². The number of alkyl halides is 6. The lowest BCUT2D eigenvalue weighted by molar-refractivity contribution is -0.169. The summed E-state index contributed by atoms with van der Waals surface area (Å²) in [4.78, 5) is 0.983. The third kappa shape index (κ3) is 5.12. The third-order valence-corrected chi connectivity index (χ3v) is 2.67. The quantitative estimate of drug-likeness (QED) is 0.784. The van der Waals surface area contributed by atoms with Crippen molar-refractivity contribution in [2.45, 2.75) is 24.8 Å². The standard InChI is InChI=1S/C9H14F6N2/c1-17(5-8(10,11)12)4-7-2-6(3-16-7)9(13,14)15/h6-7,16H,2-5H2,1H3. The molecule has 0 aromatic rings. The number of halogens is 6. The summed E-state index contributed by atoms with van der Waals surface area (Å²) in [5.41, 5.74) is 0. The summed E-state index contributed by atoms with van der Waals surface area (Å²) in [5.74, 6) is -1.45. The highest BCUT2D eigenvalue weighted by Gasteiger charge is 2.44. The molecule has 0 amide bonds. The van der Waals surface area contributed by atoms with Crippen molar-refractivity contribution in [3.05, 3.63) is 0 Å². The molecule has 17 heavy (non-hydrogen) atoms. The van der Waals surface area contributed by atoms with Gasteiger partial charge in [-0.1, -0.05) is 0 Å².